The highest BCUT2D eigenvalue weighted by molar-refractivity contribution is 6.12. The highest BCUT2D eigenvalue weighted by Gasteiger charge is 2.26. The number of rotatable bonds is 1. The van der Waals surface area contributed by atoms with E-state index in [0.29, 0.717) is 22.8 Å². The average molecular weight is 190 g/mol. The molecule has 0 atom stereocenters. The van der Waals surface area contributed by atoms with Crippen LogP contribution in [-0.4, -0.2) is 12.9 Å². The van der Waals surface area contributed by atoms with Crippen molar-refractivity contribution in [1.82, 2.24) is 0 Å². The Bertz CT molecular complexity index is 419. The Kier molecular flexibility index (Phi) is 2.00. The number of carbonyl (C=O) groups is 1. The van der Waals surface area contributed by atoms with Crippen LogP contribution in [0.25, 0.3) is 0 Å². The van der Waals surface area contributed by atoms with Gasteiger partial charge in [-0.05, 0) is 31.2 Å². The predicted octanol–water partition coefficient (Wildman–Crippen LogP) is 2.17. The molecule has 0 radical (unpaired) electrons. The number of hydrogen-bond donors (Lipinski definition) is 0. The summed E-state index contributed by atoms with van der Waals surface area (Å²) in [6.07, 6.45) is 1.66. The van der Waals surface area contributed by atoms with Gasteiger partial charge in [-0.15, -0.1) is 0 Å². The normalized spacial score (nSPS) is 16.7. The molecule has 1 aromatic carbocycles. The first-order chi connectivity index (χ1) is 6.76. The van der Waals surface area contributed by atoms with Crippen molar-refractivity contribution < 1.29 is 14.3 Å². The first-order valence-electron chi connectivity index (χ1n) is 4.33. The molecule has 1 aromatic rings. The van der Waals surface area contributed by atoms with Crippen LogP contribution < -0.4 is 9.47 Å². The quantitative estimate of drug-likeness (QED) is 0.636. The molecule has 1 aliphatic rings. The first-order valence-corrected chi connectivity index (χ1v) is 4.33. The summed E-state index contributed by atoms with van der Waals surface area (Å²) in [5.74, 6) is 1.57. The van der Waals surface area contributed by atoms with Crippen molar-refractivity contribution in [3.63, 3.8) is 0 Å². The fourth-order valence-corrected chi connectivity index (χ4v) is 1.39. The van der Waals surface area contributed by atoms with E-state index in [-0.39, 0.29) is 5.78 Å². The van der Waals surface area contributed by atoms with E-state index >= 15 is 0 Å². The van der Waals surface area contributed by atoms with E-state index in [0.717, 1.165) is 0 Å². The lowest BCUT2D eigenvalue weighted by atomic mass is 10.1. The van der Waals surface area contributed by atoms with Gasteiger partial charge in [-0.2, -0.15) is 0 Å². The fraction of sp³-hybridized carbons (Fsp3) is 0.182. The van der Waals surface area contributed by atoms with Gasteiger partial charge in [-0.3, -0.25) is 4.79 Å². The number of allylic oxidation sites excluding steroid dienone is 2. The molecular formula is C11H10O3. The van der Waals surface area contributed by atoms with Crippen LogP contribution >= 0.6 is 0 Å². The Morgan fingerprint density at radius 3 is 2.86 bits per heavy atom. The Morgan fingerprint density at radius 1 is 1.43 bits per heavy atom. The molecule has 0 unspecified atom stereocenters. The summed E-state index contributed by atoms with van der Waals surface area (Å²) in [5.41, 5.74) is 0.567. The third-order valence-electron chi connectivity index (χ3n) is 2.14. The molecule has 3 heteroatoms. The van der Waals surface area contributed by atoms with E-state index < -0.39 is 0 Å². The zero-order chi connectivity index (χ0) is 10.1. The summed E-state index contributed by atoms with van der Waals surface area (Å²) >= 11 is 0. The molecular weight excluding hydrogens is 180 g/mol. The number of Topliss-reactive ketones (excluding diaryl/α,β-unsaturated/α-hetero) is 1. The van der Waals surface area contributed by atoms with Gasteiger partial charge in [0.05, 0.1) is 12.7 Å². The monoisotopic (exact) mass is 190 g/mol. The highest BCUT2D eigenvalue weighted by Crippen LogP contribution is 2.33. The van der Waals surface area contributed by atoms with Crippen LogP contribution in [-0.2, 0) is 0 Å². The lowest BCUT2D eigenvalue weighted by molar-refractivity contribution is 0.101. The second-order valence-electron chi connectivity index (χ2n) is 2.95. The number of ether oxygens (including phenoxy) is 2. The van der Waals surface area contributed by atoms with Gasteiger partial charge in [0.15, 0.2) is 5.76 Å². The van der Waals surface area contributed by atoms with E-state index in [1.165, 1.54) is 0 Å². The fourth-order valence-electron chi connectivity index (χ4n) is 1.39. The zero-order valence-electron chi connectivity index (χ0n) is 8.03. The maximum absolute atomic E-state index is 11.6. The molecule has 3 nitrogen and oxygen atoms in total. The molecule has 0 saturated heterocycles. The summed E-state index contributed by atoms with van der Waals surface area (Å²) in [6.45, 7) is 1.77. The molecule has 0 spiro atoms. The van der Waals surface area contributed by atoms with Crippen LogP contribution in [0.4, 0.5) is 0 Å². The second-order valence-corrected chi connectivity index (χ2v) is 2.95. The molecule has 0 fully saturated rings. The largest absolute Gasteiger partial charge is 0.497 e. The maximum atomic E-state index is 11.6. The summed E-state index contributed by atoms with van der Waals surface area (Å²) < 4.78 is 10.4. The van der Waals surface area contributed by atoms with Crippen LogP contribution in [0, 0.1) is 0 Å². The lowest BCUT2D eigenvalue weighted by Crippen LogP contribution is -1.97. The van der Waals surface area contributed by atoms with Gasteiger partial charge in [0, 0.05) is 0 Å². The smallest absolute Gasteiger partial charge is 0.231 e. The van der Waals surface area contributed by atoms with Gasteiger partial charge in [-0.25, -0.2) is 0 Å². The summed E-state index contributed by atoms with van der Waals surface area (Å²) in [4.78, 5) is 11.6. The summed E-state index contributed by atoms with van der Waals surface area (Å²) in [7, 11) is 1.57. The molecule has 72 valence electrons. The van der Waals surface area contributed by atoms with E-state index in [4.69, 9.17) is 9.47 Å². The Balaban J connectivity index is 2.50. The third kappa shape index (κ3) is 1.18. The lowest BCUT2D eigenvalue weighted by Gasteiger charge is -2.00. The van der Waals surface area contributed by atoms with Crippen LogP contribution in [0.3, 0.4) is 0 Å². The van der Waals surface area contributed by atoms with Crippen molar-refractivity contribution in [3.8, 4) is 11.5 Å². The van der Waals surface area contributed by atoms with E-state index in [2.05, 4.69) is 0 Å². The minimum atomic E-state index is -0.0820. The third-order valence-corrected chi connectivity index (χ3v) is 2.14. The minimum Gasteiger partial charge on any atom is -0.497 e. The number of hydrogen-bond acceptors (Lipinski definition) is 3. The van der Waals surface area contributed by atoms with Gasteiger partial charge >= 0.3 is 0 Å². The van der Waals surface area contributed by atoms with Gasteiger partial charge in [0.1, 0.15) is 11.5 Å². The highest BCUT2D eigenvalue weighted by atomic mass is 16.5. The molecule has 2 rings (SSSR count). The first kappa shape index (κ1) is 8.81. The van der Waals surface area contributed by atoms with Gasteiger partial charge in [0.2, 0.25) is 5.78 Å². The number of ketones is 1. The van der Waals surface area contributed by atoms with Crippen molar-refractivity contribution >= 4 is 5.78 Å². The molecule has 0 aliphatic carbocycles. The van der Waals surface area contributed by atoms with Gasteiger partial charge in [0.25, 0.3) is 0 Å². The molecule has 0 bridgehead atoms. The van der Waals surface area contributed by atoms with Crippen molar-refractivity contribution in [1.29, 1.82) is 0 Å². The molecule has 1 aliphatic heterocycles. The molecule has 0 N–H and O–H groups in total. The molecule has 0 amide bonds. The summed E-state index contributed by atoms with van der Waals surface area (Å²) in [6, 6.07) is 5.20. The van der Waals surface area contributed by atoms with E-state index in [1.54, 1.807) is 38.3 Å². The zero-order valence-corrected chi connectivity index (χ0v) is 8.03. The Labute approximate surface area is 81.9 Å². The van der Waals surface area contributed by atoms with Crippen molar-refractivity contribution in [2.75, 3.05) is 7.11 Å². The second kappa shape index (κ2) is 3.18. The summed E-state index contributed by atoms with van der Waals surface area (Å²) in [5, 5.41) is 0. The average Bonchev–Trinajstić information content (AvgIpc) is 2.55. The predicted molar refractivity (Wildman–Crippen MR) is 51.7 cm³/mol. The number of carbonyl (C=O) groups excluding carboxylic acids is 1. The van der Waals surface area contributed by atoms with E-state index in [1.807, 2.05) is 0 Å². The topological polar surface area (TPSA) is 35.5 Å². The van der Waals surface area contributed by atoms with Gasteiger partial charge in [-0.1, -0.05) is 0 Å². The standard InChI is InChI=1S/C11H10O3/c1-3-9-11(12)8-6-7(13-2)4-5-10(8)14-9/h3-6H,1-2H3/b9-3-. The molecule has 14 heavy (non-hydrogen) atoms. The maximum Gasteiger partial charge on any atom is 0.231 e. The number of fused-ring (bicyclic) bond motifs is 1. The SMILES string of the molecule is C/C=C1\Oc2ccc(OC)cc2C1=O. The van der Waals surface area contributed by atoms with Crippen LogP contribution in [0.5, 0.6) is 11.5 Å². The Morgan fingerprint density at radius 2 is 2.21 bits per heavy atom. The number of methoxy groups -OCH3 is 1. The number of benzene rings is 1. The van der Waals surface area contributed by atoms with Crippen molar-refractivity contribution in [2.45, 2.75) is 6.92 Å². The van der Waals surface area contributed by atoms with Crippen LogP contribution in [0.2, 0.25) is 0 Å². The van der Waals surface area contributed by atoms with Crippen molar-refractivity contribution in [3.05, 3.63) is 35.6 Å². The molecule has 1 heterocycles. The van der Waals surface area contributed by atoms with Crippen molar-refractivity contribution in [2.24, 2.45) is 0 Å². The van der Waals surface area contributed by atoms with Crippen LogP contribution in [0.15, 0.2) is 30.0 Å². The Hall–Kier alpha value is -1.77. The molecule has 0 aromatic heterocycles. The minimum absolute atomic E-state index is 0.0820. The van der Waals surface area contributed by atoms with Gasteiger partial charge < -0.3 is 9.47 Å². The molecule has 0 saturated carbocycles. The van der Waals surface area contributed by atoms with Crippen LogP contribution in [0.1, 0.15) is 17.3 Å². The van der Waals surface area contributed by atoms with E-state index in [9.17, 15) is 4.79 Å².